The molecule has 1 heterocycles. The molecule has 0 radical (unpaired) electrons. The summed E-state index contributed by atoms with van der Waals surface area (Å²) in [5, 5.41) is 0. The number of aromatic nitrogens is 1. The second-order valence-corrected chi connectivity index (χ2v) is 14.0. The maximum absolute atomic E-state index is 12.2. The Morgan fingerprint density at radius 1 is 1.40 bits per heavy atom. The van der Waals surface area contributed by atoms with Crippen molar-refractivity contribution >= 4 is 19.7 Å². The number of pyridine rings is 1. The molecular formula is C21H32N2OSi. The number of allylic oxidation sites excluding steroid dienone is 3. The van der Waals surface area contributed by atoms with Gasteiger partial charge in [0.05, 0.1) is 11.9 Å². The molecule has 1 aliphatic carbocycles. The number of carbonyl (C=O) groups is 1. The Labute approximate surface area is 153 Å². The van der Waals surface area contributed by atoms with Crippen molar-refractivity contribution in [2.45, 2.75) is 45.5 Å². The molecule has 0 saturated heterocycles. The van der Waals surface area contributed by atoms with Gasteiger partial charge >= 0.3 is 0 Å². The molecule has 0 aliphatic heterocycles. The van der Waals surface area contributed by atoms with Crippen molar-refractivity contribution in [3.63, 3.8) is 0 Å². The van der Waals surface area contributed by atoms with E-state index >= 15 is 0 Å². The van der Waals surface area contributed by atoms with E-state index in [1.165, 1.54) is 6.04 Å². The average molecular weight is 357 g/mol. The predicted molar refractivity (Wildman–Crippen MR) is 109 cm³/mol. The molecule has 3 nitrogen and oxygen atoms in total. The zero-order chi connectivity index (χ0) is 18.4. The fraction of sp³-hybridized carbons (Fsp3) is 0.524. The summed E-state index contributed by atoms with van der Waals surface area (Å²) in [6.45, 7) is 13.6. The SMILES string of the molecule is C=C[C@@H]1CC(CN(C(C)=O)c2cccnc2)[C@H](/C=C/C[Si](C)(C)C)C1. The number of carbonyl (C=O) groups excluding carboxylic acids is 1. The van der Waals surface area contributed by atoms with Gasteiger partial charge in [0.15, 0.2) is 0 Å². The first-order valence-electron chi connectivity index (χ1n) is 9.27. The second kappa shape index (κ2) is 8.61. The molecule has 1 aliphatic rings. The number of anilines is 1. The number of hydrogen-bond acceptors (Lipinski definition) is 2. The molecule has 1 saturated carbocycles. The highest BCUT2D eigenvalue weighted by Gasteiger charge is 2.33. The first-order valence-corrected chi connectivity index (χ1v) is 13.0. The third-order valence-corrected chi connectivity index (χ3v) is 6.45. The van der Waals surface area contributed by atoms with Crippen LogP contribution < -0.4 is 4.90 Å². The van der Waals surface area contributed by atoms with Crippen LogP contribution in [0.15, 0.2) is 49.3 Å². The van der Waals surface area contributed by atoms with E-state index in [0.717, 1.165) is 25.1 Å². The topological polar surface area (TPSA) is 33.2 Å². The average Bonchev–Trinajstić information content (AvgIpc) is 2.94. The van der Waals surface area contributed by atoms with Gasteiger partial charge in [-0.05, 0) is 48.8 Å². The van der Waals surface area contributed by atoms with Crippen LogP contribution in [0.1, 0.15) is 19.8 Å². The minimum absolute atomic E-state index is 0.0832. The lowest BCUT2D eigenvalue weighted by atomic mass is 9.95. The Balaban J connectivity index is 2.12. The van der Waals surface area contributed by atoms with Crippen molar-refractivity contribution in [2.75, 3.05) is 11.4 Å². The fourth-order valence-corrected chi connectivity index (χ4v) is 4.44. The van der Waals surface area contributed by atoms with Crippen LogP contribution in [0.4, 0.5) is 5.69 Å². The van der Waals surface area contributed by atoms with Gasteiger partial charge in [0.25, 0.3) is 0 Å². The number of rotatable bonds is 7. The molecule has 2 rings (SSSR count). The molecule has 0 bridgehead atoms. The molecule has 3 atom stereocenters. The van der Waals surface area contributed by atoms with Crippen LogP contribution in [0, 0.1) is 17.8 Å². The van der Waals surface area contributed by atoms with Crippen molar-refractivity contribution in [3.05, 3.63) is 49.3 Å². The van der Waals surface area contributed by atoms with Crippen LogP contribution in [0.5, 0.6) is 0 Å². The van der Waals surface area contributed by atoms with Gasteiger partial charge in [-0.2, -0.15) is 0 Å². The van der Waals surface area contributed by atoms with Gasteiger partial charge in [0.1, 0.15) is 0 Å². The molecule has 1 fully saturated rings. The molecule has 0 N–H and O–H groups in total. The summed E-state index contributed by atoms with van der Waals surface area (Å²) in [7, 11) is -1.06. The first-order chi connectivity index (χ1) is 11.8. The molecule has 1 aromatic heterocycles. The zero-order valence-corrected chi connectivity index (χ0v) is 17.1. The summed E-state index contributed by atoms with van der Waals surface area (Å²) in [5.74, 6) is 1.64. The highest BCUT2D eigenvalue weighted by atomic mass is 28.3. The summed E-state index contributed by atoms with van der Waals surface area (Å²) < 4.78 is 0. The van der Waals surface area contributed by atoms with E-state index in [1.54, 1.807) is 19.3 Å². The van der Waals surface area contributed by atoms with Crippen molar-refractivity contribution in [3.8, 4) is 0 Å². The number of nitrogens with zero attached hydrogens (tertiary/aromatic N) is 2. The largest absolute Gasteiger partial charge is 0.311 e. The van der Waals surface area contributed by atoms with Crippen molar-refractivity contribution in [2.24, 2.45) is 17.8 Å². The number of amides is 1. The van der Waals surface area contributed by atoms with E-state index in [1.807, 2.05) is 17.0 Å². The minimum Gasteiger partial charge on any atom is -0.311 e. The lowest BCUT2D eigenvalue weighted by molar-refractivity contribution is -0.116. The minimum atomic E-state index is -1.06. The Hall–Kier alpha value is -1.68. The maximum Gasteiger partial charge on any atom is 0.223 e. The van der Waals surface area contributed by atoms with Crippen molar-refractivity contribution < 1.29 is 4.79 Å². The Kier molecular flexibility index (Phi) is 6.76. The van der Waals surface area contributed by atoms with Crippen molar-refractivity contribution in [1.29, 1.82) is 0 Å². The van der Waals surface area contributed by atoms with Crippen LogP contribution in [0.3, 0.4) is 0 Å². The van der Waals surface area contributed by atoms with Gasteiger partial charge in [0, 0.05) is 27.7 Å². The zero-order valence-electron chi connectivity index (χ0n) is 16.1. The second-order valence-electron chi connectivity index (χ2n) is 8.42. The van der Waals surface area contributed by atoms with Gasteiger partial charge < -0.3 is 4.90 Å². The van der Waals surface area contributed by atoms with Crippen LogP contribution in [-0.2, 0) is 4.79 Å². The standard InChI is InChI=1S/C21H32N2OSi/c1-6-18-13-19(9-8-12-25(3,4)5)20(14-18)16-23(17(2)24)21-10-7-11-22-15-21/h6-11,15,18-20H,1,12-14,16H2,2-5H3/b9-8+/t18-,19+,20?/m0/s1. The Bertz CT molecular complexity index is 606. The quantitative estimate of drug-likeness (QED) is 0.499. The van der Waals surface area contributed by atoms with Gasteiger partial charge in [-0.3, -0.25) is 9.78 Å². The van der Waals surface area contributed by atoms with Crippen LogP contribution in [0.25, 0.3) is 0 Å². The molecule has 136 valence electrons. The van der Waals surface area contributed by atoms with Gasteiger partial charge in [0.2, 0.25) is 5.91 Å². The van der Waals surface area contributed by atoms with E-state index in [9.17, 15) is 4.79 Å². The molecule has 0 aromatic carbocycles. The monoisotopic (exact) mass is 356 g/mol. The molecule has 1 unspecified atom stereocenters. The lowest BCUT2D eigenvalue weighted by Gasteiger charge is -2.27. The van der Waals surface area contributed by atoms with E-state index in [0.29, 0.717) is 17.8 Å². The van der Waals surface area contributed by atoms with Gasteiger partial charge in [-0.15, -0.1) is 6.58 Å². The maximum atomic E-state index is 12.2. The Morgan fingerprint density at radius 2 is 2.16 bits per heavy atom. The predicted octanol–water partition coefficient (Wildman–Crippen LogP) is 5.16. The summed E-state index contributed by atoms with van der Waals surface area (Å²) in [4.78, 5) is 18.2. The Morgan fingerprint density at radius 3 is 2.72 bits per heavy atom. The highest BCUT2D eigenvalue weighted by molar-refractivity contribution is 6.76. The fourth-order valence-electron chi connectivity index (χ4n) is 3.60. The van der Waals surface area contributed by atoms with Crippen LogP contribution in [0.2, 0.25) is 25.7 Å². The normalized spacial score (nSPS) is 23.8. The van der Waals surface area contributed by atoms with Crippen LogP contribution >= 0.6 is 0 Å². The van der Waals surface area contributed by atoms with E-state index in [-0.39, 0.29) is 5.91 Å². The summed E-state index contributed by atoms with van der Waals surface area (Å²) in [5.41, 5.74) is 0.891. The molecule has 1 amide bonds. The highest BCUT2D eigenvalue weighted by Crippen LogP contribution is 2.39. The van der Waals surface area contributed by atoms with Gasteiger partial charge in [-0.1, -0.05) is 37.9 Å². The molecular weight excluding hydrogens is 324 g/mol. The molecule has 1 aromatic rings. The van der Waals surface area contributed by atoms with E-state index in [2.05, 4.69) is 49.4 Å². The van der Waals surface area contributed by atoms with E-state index < -0.39 is 8.07 Å². The van der Waals surface area contributed by atoms with E-state index in [4.69, 9.17) is 0 Å². The molecule has 0 spiro atoms. The molecule has 25 heavy (non-hydrogen) atoms. The summed E-state index contributed by atoms with van der Waals surface area (Å²) in [6, 6.07) is 5.07. The molecule has 4 heteroatoms. The van der Waals surface area contributed by atoms with Crippen molar-refractivity contribution in [1.82, 2.24) is 4.98 Å². The third kappa shape index (κ3) is 5.96. The smallest absolute Gasteiger partial charge is 0.223 e. The summed E-state index contributed by atoms with van der Waals surface area (Å²) >= 11 is 0. The number of hydrogen-bond donors (Lipinski definition) is 0. The third-order valence-electron chi connectivity index (χ3n) is 4.99. The lowest BCUT2D eigenvalue weighted by Crippen LogP contribution is -2.34. The van der Waals surface area contributed by atoms with Crippen LogP contribution in [-0.4, -0.2) is 25.5 Å². The van der Waals surface area contributed by atoms with Gasteiger partial charge in [-0.25, -0.2) is 0 Å². The summed E-state index contributed by atoms with van der Waals surface area (Å²) in [6.07, 6.45) is 12.7. The first kappa shape index (κ1) is 19.6.